The molecule has 0 unspecified atom stereocenters. The lowest BCUT2D eigenvalue weighted by atomic mass is 9.89. The van der Waals surface area contributed by atoms with E-state index in [4.69, 9.17) is 47.6 Å². The molecule has 2 N–H and O–H groups in total. The van der Waals surface area contributed by atoms with Crippen LogP contribution in [0.3, 0.4) is 0 Å². The lowest BCUT2D eigenvalue weighted by molar-refractivity contribution is -0.116. The van der Waals surface area contributed by atoms with E-state index in [1.54, 1.807) is 17.8 Å². The molecule has 0 saturated heterocycles. The van der Waals surface area contributed by atoms with E-state index in [1.165, 1.54) is 36.3 Å². The number of benzene rings is 1. The summed E-state index contributed by atoms with van der Waals surface area (Å²) >= 11 is 0. The number of aromatic amines is 1. The molecule has 2 aliphatic carbocycles. The van der Waals surface area contributed by atoms with Crippen LogP contribution in [0.5, 0.6) is 0 Å². The van der Waals surface area contributed by atoms with Gasteiger partial charge >= 0.3 is 5.69 Å². The van der Waals surface area contributed by atoms with Gasteiger partial charge in [0.25, 0.3) is 5.56 Å². The smallest absolute Gasteiger partial charge is 0.332 e. The third-order valence-corrected chi connectivity index (χ3v) is 11.4. The molecule has 3 aromatic rings. The van der Waals surface area contributed by atoms with E-state index in [0.717, 1.165) is 49.7 Å². The van der Waals surface area contributed by atoms with Gasteiger partial charge < -0.3 is 52.9 Å². The fourth-order valence-electron chi connectivity index (χ4n) is 7.90. The lowest BCUT2D eigenvalue weighted by Crippen LogP contribution is -2.42. The minimum absolute atomic E-state index is 0.227. The van der Waals surface area contributed by atoms with Gasteiger partial charge in [-0.3, -0.25) is 18.7 Å². The van der Waals surface area contributed by atoms with E-state index >= 15 is 0 Å². The molecule has 0 spiro atoms. The van der Waals surface area contributed by atoms with Gasteiger partial charge in [0.2, 0.25) is 5.91 Å². The molecule has 2 fully saturated rings. The van der Waals surface area contributed by atoms with Gasteiger partial charge in [-0.2, -0.15) is 0 Å². The molecule has 17 nitrogen and oxygen atoms in total. The number of hydrogen-bond donors (Lipinski definition) is 2. The van der Waals surface area contributed by atoms with Crippen molar-refractivity contribution < 1.29 is 47.4 Å². The Morgan fingerprint density at radius 2 is 1.06 bits per heavy atom. The largest absolute Gasteiger partial charge is 0.382 e. The molecule has 0 atom stereocenters. The molecule has 17 heteroatoms. The molecule has 0 bridgehead atoms. The summed E-state index contributed by atoms with van der Waals surface area (Å²) in [6.45, 7) is 9.69. The van der Waals surface area contributed by atoms with Gasteiger partial charge in [-0.15, -0.1) is 0 Å². The Hall–Kier alpha value is -3.78. The van der Waals surface area contributed by atoms with Crippen LogP contribution in [-0.4, -0.2) is 151 Å². The van der Waals surface area contributed by atoms with Crippen LogP contribution in [-0.2, 0) is 60.5 Å². The van der Waals surface area contributed by atoms with E-state index in [2.05, 4.69) is 10.3 Å². The van der Waals surface area contributed by atoms with Gasteiger partial charge in [-0.25, -0.2) is 9.78 Å². The van der Waals surface area contributed by atoms with E-state index in [1.807, 2.05) is 24.3 Å². The van der Waals surface area contributed by atoms with Crippen LogP contribution in [0.4, 0.5) is 0 Å². The minimum Gasteiger partial charge on any atom is -0.382 e. The zero-order valence-corrected chi connectivity index (χ0v) is 38.1. The highest BCUT2D eigenvalue weighted by atomic mass is 16.6. The normalized spacial score (nSPS) is 15.2. The second kappa shape index (κ2) is 31.2. The number of carbonyl (C=O) groups is 1. The third-order valence-electron chi connectivity index (χ3n) is 11.4. The predicted octanol–water partition coefficient (Wildman–Crippen LogP) is 4.62. The average molecular weight is 900 g/mol. The average Bonchev–Trinajstić information content (AvgIpc) is 3.77. The molecular weight excluding hydrogens is 827 g/mol. The number of methoxy groups -OCH3 is 1. The molecule has 0 radical (unpaired) electrons. The summed E-state index contributed by atoms with van der Waals surface area (Å²) in [6, 6.07) is 7.59. The van der Waals surface area contributed by atoms with Crippen molar-refractivity contribution >= 4 is 23.1 Å². The van der Waals surface area contributed by atoms with Crippen molar-refractivity contribution in [1.29, 1.82) is 0 Å². The number of fused-ring (bicyclic) bond motifs is 1. The fraction of sp³-hybridized carbons (Fsp3) is 0.702. The minimum atomic E-state index is -0.291. The summed E-state index contributed by atoms with van der Waals surface area (Å²) in [5.74, 6) is 1.06. The van der Waals surface area contributed by atoms with Gasteiger partial charge in [0.1, 0.15) is 11.3 Å². The van der Waals surface area contributed by atoms with Crippen LogP contribution in [0, 0.1) is 11.8 Å². The summed E-state index contributed by atoms with van der Waals surface area (Å²) < 4.78 is 51.9. The third kappa shape index (κ3) is 19.0. The van der Waals surface area contributed by atoms with E-state index in [0.29, 0.717) is 161 Å². The second-order valence-electron chi connectivity index (χ2n) is 16.2. The Kier molecular flexibility index (Phi) is 25.0. The van der Waals surface area contributed by atoms with Crippen LogP contribution < -0.4 is 16.6 Å². The van der Waals surface area contributed by atoms with Gasteiger partial charge in [0, 0.05) is 38.4 Å². The van der Waals surface area contributed by atoms with Crippen LogP contribution in [0.2, 0.25) is 0 Å². The Balaban J connectivity index is 0.888. The molecule has 1 amide bonds. The highest BCUT2D eigenvalue weighted by molar-refractivity contribution is 5.91. The van der Waals surface area contributed by atoms with Crippen molar-refractivity contribution in [3.05, 3.63) is 56.7 Å². The molecule has 2 aliphatic rings. The van der Waals surface area contributed by atoms with Crippen molar-refractivity contribution in [2.75, 3.05) is 126 Å². The summed E-state index contributed by atoms with van der Waals surface area (Å²) in [5, 5.41) is 2.83. The molecule has 2 heterocycles. The fourth-order valence-corrected chi connectivity index (χ4v) is 7.90. The molecule has 2 saturated carbocycles. The lowest BCUT2D eigenvalue weighted by Gasteiger charge is -2.24. The van der Waals surface area contributed by atoms with Crippen LogP contribution in [0.1, 0.15) is 69.8 Å². The van der Waals surface area contributed by atoms with Crippen molar-refractivity contribution in [3.63, 3.8) is 0 Å². The predicted molar refractivity (Wildman–Crippen MR) is 244 cm³/mol. The Morgan fingerprint density at radius 3 is 1.53 bits per heavy atom. The van der Waals surface area contributed by atoms with Gasteiger partial charge in [0.15, 0.2) is 5.65 Å². The number of H-pyrrole nitrogens is 1. The highest BCUT2D eigenvalue weighted by Gasteiger charge is 2.24. The van der Waals surface area contributed by atoms with Gasteiger partial charge in [-0.05, 0) is 49.2 Å². The van der Waals surface area contributed by atoms with E-state index < -0.39 is 0 Å². The first kappa shape index (κ1) is 51.2. The monoisotopic (exact) mass is 900 g/mol. The molecule has 1 aromatic carbocycles. The second-order valence-corrected chi connectivity index (χ2v) is 16.2. The number of amides is 1. The summed E-state index contributed by atoms with van der Waals surface area (Å²) in [5.41, 5.74) is 1.91. The van der Waals surface area contributed by atoms with Crippen molar-refractivity contribution in [1.82, 2.24) is 24.4 Å². The number of ether oxygens (including phenoxy) is 9. The van der Waals surface area contributed by atoms with Crippen molar-refractivity contribution in [2.24, 2.45) is 11.8 Å². The number of nitrogens with one attached hydrogen (secondary N) is 2. The van der Waals surface area contributed by atoms with E-state index in [9.17, 15) is 14.4 Å². The molecule has 64 heavy (non-hydrogen) atoms. The summed E-state index contributed by atoms with van der Waals surface area (Å²) in [7, 11) is 1.64. The first-order valence-corrected chi connectivity index (χ1v) is 23.4. The maximum Gasteiger partial charge on any atom is 0.332 e. The first-order chi connectivity index (χ1) is 31.5. The topological polar surface area (TPSA) is 185 Å². The Morgan fingerprint density at radius 1 is 0.625 bits per heavy atom. The van der Waals surface area contributed by atoms with Crippen molar-refractivity contribution in [2.45, 2.75) is 77.3 Å². The number of imidazole rings is 1. The van der Waals surface area contributed by atoms with E-state index in [-0.39, 0.29) is 17.2 Å². The van der Waals surface area contributed by atoms with Crippen molar-refractivity contribution in [3.8, 4) is 11.4 Å². The van der Waals surface area contributed by atoms with Crippen LogP contribution in [0.25, 0.3) is 28.6 Å². The number of carbonyl (C=O) groups excluding carboxylic acids is 1. The quantitative estimate of drug-likeness (QED) is 0.0626. The SMILES string of the molecule is COCCOCCOCCOCCOCCOCCOCCOCCOCCNC(=O)/C=C/c1ccc(-c2nc3c([nH]2)c(=O)n(CC2CCCCC2)c(=O)n3CC2CCCCC2)cc1. The molecule has 0 aliphatic heterocycles. The number of rotatable bonds is 34. The molecular formula is C47H73N5O12. The number of nitrogens with zero attached hydrogens (tertiary/aromatic N) is 3. The van der Waals surface area contributed by atoms with Gasteiger partial charge in [0.05, 0.1) is 112 Å². The van der Waals surface area contributed by atoms with Gasteiger partial charge in [-0.1, -0.05) is 62.8 Å². The molecule has 358 valence electrons. The summed E-state index contributed by atoms with van der Waals surface area (Å²) in [4.78, 5) is 48.3. The van der Waals surface area contributed by atoms with Crippen LogP contribution >= 0.6 is 0 Å². The highest BCUT2D eigenvalue weighted by Crippen LogP contribution is 2.27. The first-order valence-electron chi connectivity index (χ1n) is 23.4. The zero-order chi connectivity index (χ0) is 44.9. The maximum atomic E-state index is 13.9. The zero-order valence-electron chi connectivity index (χ0n) is 38.1. The maximum absolute atomic E-state index is 13.9. The van der Waals surface area contributed by atoms with Crippen LogP contribution in [0.15, 0.2) is 39.9 Å². The molecule has 2 aromatic heterocycles. The number of aromatic nitrogens is 4. The summed E-state index contributed by atoms with van der Waals surface area (Å²) in [6.07, 6.45) is 14.6. The molecule has 5 rings (SSSR count). The number of hydrogen-bond acceptors (Lipinski definition) is 13. The Labute approximate surface area is 377 Å². The standard InChI is InChI=1S/C47H73N5O12/c1-56-20-21-58-24-25-60-28-29-62-32-33-64-35-34-63-31-30-61-27-26-59-23-22-57-19-18-48-42(53)17-14-38-12-15-41(16-13-38)44-49-43-45(50-44)51(36-39-8-4-2-5-9-39)47(55)52(46(43)54)37-40-10-6-3-7-11-40/h12-17,39-40H,2-11,18-37H2,1H3,(H,48,53)(H,49,50)/b17-14+. The Bertz CT molecular complexity index is 1870.